The summed E-state index contributed by atoms with van der Waals surface area (Å²) < 4.78 is 28.0. The van der Waals surface area contributed by atoms with Crippen molar-refractivity contribution >= 4 is 10.2 Å². The summed E-state index contributed by atoms with van der Waals surface area (Å²) >= 11 is 0. The molecule has 0 spiro atoms. The van der Waals surface area contributed by atoms with E-state index in [-0.39, 0.29) is 6.04 Å². The van der Waals surface area contributed by atoms with E-state index in [9.17, 15) is 8.42 Å². The van der Waals surface area contributed by atoms with Crippen LogP contribution in [0.5, 0.6) is 0 Å². The molecule has 0 bridgehead atoms. The first-order valence-corrected chi connectivity index (χ1v) is 7.85. The Morgan fingerprint density at radius 1 is 1.53 bits per heavy atom. The zero-order valence-electron chi connectivity index (χ0n) is 11.7. The van der Waals surface area contributed by atoms with Gasteiger partial charge in [0, 0.05) is 26.0 Å². The third kappa shape index (κ3) is 5.27. The number of rotatable bonds is 9. The summed E-state index contributed by atoms with van der Waals surface area (Å²) in [5.41, 5.74) is 0. The van der Waals surface area contributed by atoms with Crippen LogP contribution in [-0.2, 0) is 10.2 Å². The predicted octanol–water partition coefficient (Wildman–Crippen LogP) is 0.237. The molecule has 0 amide bonds. The highest BCUT2D eigenvalue weighted by atomic mass is 32.2. The Hall–Kier alpha value is -0.960. The molecule has 1 aromatic heterocycles. The maximum absolute atomic E-state index is 12.1. The van der Waals surface area contributed by atoms with E-state index < -0.39 is 10.2 Å². The molecule has 8 heteroatoms. The van der Waals surface area contributed by atoms with E-state index in [1.54, 1.807) is 26.4 Å². The summed E-state index contributed by atoms with van der Waals surface area (Å²) in [4.78, 5) is 6.93. The molecular weight excluding hydrogens is 266 g/mol. The van der Waals surface area contributed by atoms with Crippen LogP contribution >= 0.6 is 0 Å². The number of aromatic amines is 1. The van der Waals surface area contributed by atoms with Crippen LogP contribution in [-0.4, -0.2) is 49.4 Å². The Kier molecular flexibility index (Phi) is 6.43. The molecule has 0 aromatic carbocycles. The van der Waals surface area contributed by atoms with Crippen LogP contribution in [0.3, 0.4) is 0 Å². The van der Waals surface area contributed by atoms with Crippen molar-refractivity contribution in [3.63, 3.8) is 0 Å². The summed E-state index contributed by atoms with van der Waals surface area (Å²) in [7, 11) is -1.90. The standard InChI is InChI=1S/C11H23N5O2S/c1-4-12-6-5-9-16(3)19(17,18)15-10(2)11-13-7-8-14-11/h7-8,10,12,15H,4-6,9H2,1-3H3,(H,13,14). The van der Waals surface area contributed by atoms with Gasteiger partial charge in [-0.2, -0.15) is 17.4 Å². The molecule has 110 valence electrons. The van der Waals surface area contributed by atoms with Crippen molar-refractivity contribution in [2.24, 2.45) is 0 Å². The van der Waals surface area contributed by atoms with Crippen molar-refractivity contribution in [2.45, 2.75) is 26.3 Å². The molecule has 1 atom stereocenters. The number of hydrogen-bond donors (Lipinski definition) is 3. The molecule has 0 aliphatic carbocycles. The molecule has 1 heterocycles. The van der Waals surface area contributed by atoms with E-state index in [2.05, 4.69) is 20.0 Å². The van der Waals surface area contributed by atoms with Gasteiger partial charge >= 0.3 is 0 Å². The first-order valence-electron chi connectivity index (χ1n) is 6.41. The molecule has 0 aliphatic rings. The van der Waals surface area contributed by atoms with Gasteiger partial charge in [-0.15, -0.1) is 0 Å². The summed E-state index contributed by atoms with van der Waals surface area (Å²) in [6.07, 6.45) is 4.04. The summed E-state index contributed by atoms with van der Waals surface area (Å²) in [5.74, 6) is 0.602. The minimum atomic E-state index is -3.48. The minimum absolute atomic E-state index is 0.379. The van der Waals surface area contributed by atoms with Crippen LogP contribution in [0.15, 0.2) is 12.4 Å². The highest BCUT2D eigenvalue weighted by Gasteiger charge is 2.21. The van der Waals surface area contributed by atoms with Gasteiger partial charge in [-0.3, -0.25) is 0 Å². The Labute approximate surface area is 115 Å². The molecule has 1 aromatic rings. The molecule has 1 rings (SSSR count). The number of hydrogen-bond acceptors (Lipinski definition) is 4. The molecule has 7 nitrogen and oxygen atoms in total. The number of nitrogens with one attached hydrogen (secondary N) is 3. The fourth-order valence-corrected chi connectivity index (χ4v) is 2.71. The van der Waals surface area contributed by atoms with E-state index in [4.69, 9.17) is 0 Å². The van der Waals surface area contributed by atoms with Crippen LogP contribution in [0.4, 0.5) is 0 Å². The molecule has 0 radical (unpaired) electrons. The fourth-order valence-electron chi connectivity index (χ4n) is 1.61. The van der Waals surface area contributed by atoms with Crippen LogP contribution in [0.25, 0.3) is 0 Å². The van der Waals surface area contributed by atoms with Crippen molar-refractivity contribution in [3.8, 4) is 0 Å². The molecule has 0 saturated carbocycles. The number of imidazole rings is 1. The molecule has 3 N–H and O–H groups in total. The van der Waals surface area contributed by atoms with Crippen molar-refractivity contribution in [1.82, 2.24) is 24.3 Å². The summed E-state index contributed by atoms with van der Waals surface area (Å²) in [5, 5.41) is 3.16. The smallest absolute Gasteiger partial charge is 0.279 e. The van der Waals surface area contributed by atoms with Gasteiger partial charge in [0.25, 0.3) is 10.2 Å². The lowest BCUT2D eigenvalue weighted by Gasteiger charge is -2.20. The average molecular weight is 289 g/mol. The second-order valence-electron chi connectivity index (χ2n) is 4.35. The van der Waals surface area contributed by atoms with Gasteiger partial charge < -0.3 is 10.3 Å². The number of nitrogens with zero attached hydrogens (tertiary/aromatic N) is 2. The Morgan fingerprint density at radius 3 is 2.84 bits per heavy atom. The first kappa shape index (κ1) is 16.1. The third-order valence-electron chi connectivity index (χ3n) is 2.74. The van der Waals surface area contributed by atoms with Crippen molar-refractivity contribution in [2.75, 3.05) is 26.7 Å². The zero-order chi connectivity index (χ0) is 14.3. The van der Waals surface area contributed by atoms with E-state index in [0.29, 0.717) is 12.4 Å². The normalized spacial score (nSPS) is 13.9. The second kappa shape index (κ2) is 7.59. The van der Waals surface area contributed by atoms with Crippen LogP contribution < -0.4 is 10.0 Å². The highest BCUT2D eigenvalue weighted by Crippen LogP contribution is 2.08. The van der Waals surface area contributed by atoms with Gasteiger partial charge in [0.2, 0.25) is 0 Å². The maximum atomic E-state index is 12.1. The molecule has 0 fully saturated rings. The maximum Gasteiger partial charge on any atom is 0.279 e. The lowest BCUT2D eigenvalue weighted by molar-refractivity contribution is 0.438. The molecular formula is C11H23N5O2S. The monoisotopic (exact) mass is 289 g/mol. The largest absolute Gasteiger partial charge is 0.347 e. The summed E-state index contributed by atoms with van der Waals surface area (Å²) in [6.45, 7) is 5.96. The van der Waals surface area contributed by atoms with Crippen LogP contribution in [0, 0.1) is 0 Å². The molecule has 19 heavy (non-hydrogen) atoms. The lowest BCUT2D eigenvalue weighted by Crippen LogP contribution is -2.40. The van der Waals surface area contributed by atoms with Gasteiger partial charge in [-0.25, -0.2) is 4.98 Å². The Bertz CT molecular complexity index is 446. The van der Waals surface area contributed by atoms with Gasteiger partial charge in [-0.1, -0.05) is 6.92 Å². The predicted molar refractivity (Wildman–Crippen MR) is 74.8 cm³/mol. The third-order valence-corrected chi connectivity index (χ3v) is 4.40. The van der Waals surface area contributed by atoms with E-state index in [1.165, 1.54) is 4.31 Å². The first-order chi connectivity index (χ1) is 8.97. The van der Waals surface area contributed by atoms with Crippen LogP contribution in [0.2, 0.25) is 0 Å². The Balaban J connectivity index is 2.46. The molecule has 0 aliphatic heterocycles. The van der Waals surface area contributed by atoms with Crippen molar-refractivity contribution < 1.29 is 8.42 Å². The molecule has 1 unspecified atom stereocenters. The Morgan fingerprint density at radius 2 is 2.26 bits per heavy atom. The van der Waals surface area contributed by atoms with Crippen molar-refractivity contribution in [3.05, 3.63) is 18.2 Å². The summed E-state index contributed by atoms with van der Waals surface area (Å²) in [6, 6.07) is -0.379. The van der Waals surface area contributed by atoms with E-state index in [0.717, 1.165) is 19.5 Å². The van der Waals surface area contributed by atoms with Gasteiger partial charge in [0.05, 0.1) is 6.04 Å². The highest BCUT2D eigenvalue weighted by molar-refractivity contribution is 7.87. The van der Waals surface area contributed by atoms with Gasteiger partial charge in [0.1, 0.15) is 5.82 Å². The van der Waals surface area contributed by atoms with Crippen molar-refractivity contribution in [1.29, 1.82) is 0 Å². The van der Waals surface area contributed by atoms with E-state index >= 15 is 0 Å². The van der Waals surface area contributed by atoms with Crippen LogP contribution in [0.1, 0.15) is 32.1 Å². The van der Waals surface area contributed by atoms with Gasteiger partial charge in [-0.05, 0) is 26.4 Å². The minimum Gasteiger partial charge on any atom is -0.347 e. The lowest BCUT2D eigenvalue weighted by atomic mass is 10.3. The zero-order valence-corrected chi connectivity index (χ0v) is 12.5. The van der Waals surface area contributed by atoms with Gasteiger partial charge in [0.15, 0.2) is 0 Å². The SMILES string of the molecule is CCNCCCN(C)S(=O)(=O)NC(C)c1ncc[nH]1. The topological polar surface area (TPSA) is 90.1 Å². The quantitative estimate of drug-likeness (QED) is 0.568. The number of aromatic nitrogens is 2. The average Bonchev–Trinajstić information content (AvgIpc) is 2.87. The van der Waals surface area contributed by atoms with E-state index in [1.807, 2.05) is 6.92 Å². The fraction of sp³-hybridized carbons (Fsp3) is 0.727. The molecule has 0 saturated heterocycles. The number of H-pyrrole nitrogens is 1. The second-order valence-corrected chi connectivity index (χ2v) is 6.16.